The lowest BCUT2D eigenvalue weighted by molar-refractivity contribution is 0.0592. The van der Waals surface area contributed by atoms with Crippen LogP contribution in [0, 0.1) is 6.92 Å². The lowest BCUT2D eigenvalue weighted by Gasteiger charge is -2.22. The van der Waals surface area contributed by atoms with E-state index in [0.29, 0.717) is 5.56 Å². The van der Waals surface area contributed by atoms with E-state index in [9.17, 15) is 18.0 Å². The number of hydrogen-bond donors (Lipinski definition) is 0. The third-order valence-corrected chi connectivity index (χ3v) is 5.81. The number of sulfonamides is 1. The molecule has 0 aliphatic rings. The fraction of sp³-hybridized carbons (Fsp3) is 0.222. The van der Waals surface area contributed by atoms with Crippen LogP contribution < -0.4 is 4.31 Å². The Morgan fingerprint density at radius 2 is 1.58 bits per heavy atom. The number of aryl methyl sites for hydroxylation is 1. The van der Waals surface area contributed by atoms with Gasteiger partial charge in [-0.2, -0.15) is 0 Å². The summed E-state index contributed by atoms with van der Waals surface area (Å²) in [4.78, 5) is 23.6. The molecule has 2 aromatic carbocycles. The van der Waals surface area contributed by atoms with Gasteiger partial charge in [0.1, 0.15) is 0 Å². The highest BCUT2D eigenvalue weighted by Crippen LogP contribution is 2.28. The second-order valence-corrected chi connectivity index (χ2v) is 7.39. The third-order valence-electron chi connectivity index (χ3n) is 3.90. The molecule has 0 aromatic heterocycles. The molecule has 2 aromatic rings. The van der Waals surface area contributed by atoms with Crippen LogP contribution in [0.4, 0.5) is 5.69 Å². The summed E-state index contributed by atoms with van der Waals surface area (Å²) in [5.41, 5.74) is 0.858. The van der Waals surface area contributed by atoms with Gasteiger partial charge in [0, 0.05) is 7.05 Å². The molecular formula is C18H19NO6S. The Hall–Kier alpha value is -2.87. The van der Waals surface area contributed by atoms with E-state index in [1.165, 1.54) is 51.6 Å². The fourth-order valence-electron chi connectivity index (χ4n) is 2.43. The van der Waals surface area contributed by atoms with Gasteiger partial charge in [-0.3, -0.25) is 4.31 Å². The zero-order valence-electron chi connectivity index (χ0n) is 14.8. The molecule has 0 aliphatic heterocycles. The molecular weight excluding hydrogens is 358 g/mol. The number of ether oxygens (including phenoxy) is 2. The van der Waals surface area contributed by atoms with E-state index >= 15 is 0 Å². The first-order chi connectivity index (χ1) is 12.2. The second kappa shape index (κ2) is 7.57. The minimum absolute atomic E-state index is 0.0532. The molecule has 138 valence electrons. The van der Waals surface area contributed by atoms with Gasteiger partial charge < -0.3 is 9.47 Å². The van der Waals surface area contributed by atoms with Crippen LogP contribution in [0.25, 0.3) is 0 Å². The van der Waals surface area contributed by atoms with Gasteiger partial charge in [-0.05, 0) is 36.8 Å². The molecule has 2 rings (SSSR count). The van der Waals surface area contributed by atoms with Gasteiger partial charge in [0.2, 0.25) is 0 Å². The van der Waals surface area contributed by atoms with Crippen molar-refractivity contribution >= 4 is 27.6 Å². The molecule has 0 atom stereocenters. The monoisotopic (exact) mass is 377 g/mol. The van der Waals surface area contributed by atoms with E-state index in [4.69, 9.17) is 4.74 Å². The van der Waals surface area contributed by atoms with Crippen LogP contribution in [0.5, 0.6) is 0 Å². The molecule has 7 nitrogen and oxygen atoms in total. The Bertz CT molecular complexity index is 952. The maximum atomic E-state index is 13.1. The average Bonchev–Trinajstić information content (AvgIpc) is 2.66. The van der Waals surface area contributed by atoms with Crippen molar-refractivity contribution in [2.45, 2.75) is 11.8 Å². The summed E-state index contributed by atoms with van der Waals surface area (Å²) < 4.78 is 36.5. The van der Waals surface area contributed by atoms with Crippen molar-refractivity contribution < 1.29 is 27.5 Å². The highest BCUT2D eigenvalue weighted by atomic mass is 32.2. The van der Waals surface area contributed by atoms with E-state index in [-0.39, 0.29) is 21.7 Å². The van der Waals surface area contributed by atoms with Gasteiger partial charge in [0.25, 0.3) is 10.0 Å². The summed E-state index contributed by atoms with van der Waals surface area (Å²) in [6.07, 6.45) is 0. The normalized spacial score (nSPS) is 10.9. The molecule has 26 heavy (non-hydrogen) atoms. The molecule has 0 saturated heterocycles. The van der Waals surface area contributed by atoms with Crippen LogP contribution in [-0.4, -0.2) is 41.6 Å². The quantitative estimate of drug-likeness (QED) is 0.743. The molecule has 0 aliphatic carbocycles. The number of carbonyl (C=O) groups excluding carboxylic acids is 2. The van der Waals surface area contributed by atoms with Crippen LogP contribution in [0.3, 0.4) is 0 Å². The molecule has 0 bridgehead atoms. The summed E-state index contributed by atoms with van der Waals surface area (Å²) in [5, 5.41) is 0. The van der Waals surface area contributed by atoms with Gasteiger partial charge in [-0.25, -0.2) is 18.0 Å². The van der Waals surface area contributed by atoms with Crippen molar-refractivity contribution in [2.24, 2.45) is 0 Å². The van der Waals surface area contributed by atoms with E-state index < -0.39 is 22.0 Å². The van der Waals surface area contributed by atoms with Gasteiger partial charge >= 0.3 is 11.9 Å². The number of nitrogens with zero attached hydrogens (tertiary/aromatic N) is 1. The van der Waals surface area contributed by atoms with E-state index in [1.807, 2.05) is 0 Å². The molecule has 0 spiro atoms. The zero-order chi connectivity index (χ0) is 19.5. The summed E-state index contributed by atoms with van der Waals surface area (Å²) in [6, 6.07) is 10.5. The molecule has 0 unspecified atom stereocenters. The first-order valence-corrected chi connectivity index (χ1v) is 9.03. The van der Waals surface area contributed by atoms with Crippen molar-refractivity contribution in [2.75, 3.05) is 25.6 Å². The average molecular weight is 377 g/mol. The summed E-state index contributed by atoms with van der Waals surface area (Å²) in [6.45, 7) is 1.62. The smallest absolute Gasteiger partial charge is 0.340 e. The number of esters is 2. The van der Waals surface area contributed by atoms with Crippen molar-refractivity contribution in [1.82, 2.24) is 0 Å². The van der Waals surface area contributed by atoms with Crippen molar-refractivity contribution in [3.05, 3.63) is 59.2 Å². The number of benzene rings is 2. The first-order valence-electron chi connectivity index (χ1n) is 7.59. The second-order valence-electron chi connectivity index (χ2n) is 5.45. The third kappa shape index (κ3) is 3.55. The molecule has 8 heteroatoms. The molecule has 0 amide bonds. The number of para-hydroxylation sites is 1. The molecule has 0 N–H and O–H groups in total. The maximum absolute atomic E-state index is 13.1. The number of rotatable bonds is 5. The summed E-state index contributed by atoms with van der Waals surface area (Å²) >= 11 is 0. The lowest BCUT2D eigenvalue weighted by Crippen LogP contribution is -2.29. The van der Waals surface area contributed by atoms with E-state index in [1.54, 1.807) is 19.1 Å². The Morgan fingerprint density at radius 3 is 2.19 bits per heavy atom. The van der Waals surface area contributed by atoms with Crippen LogP contribution >= 0.6 is 0 Å². The first kappa shape index (κ1) is 19.5. The number of carbonyl (C=O) groups is 2. The fourth-order valence-corrected chi connectivity index (χ4v) is 3.89. The minimum atomic E-state index is -4.03. The molecule has 0 heterocycles. The van der Waals surface area contributed by atoms with Crippen LogP contribution in [0.1, 0.15) is 26.3 Å². The Balaban J connectivity index is 2.59. The van der Waals surface area contributed by atoms with Gasteiger partial charge in [-0.1, -0.05) is 18.2 Å². The van der Waals surface area contributed by atoms with Gasteiger partial charge in [-0.15, -0.1) is 0 Å². The summed E-state index contributed by atoms with van der Waals surface area (Å²) in [7, 11) is -0.262. The van der Waals surface area contributed by atoms with E-state index in [0.717, 1.165) is 4.31 Å². The molecule has 0 fully saturated rings. The SMILES string of the molecule is COC(=O)c1ccc(C)c(S(=O)(=O)N(C)c2ccccc2C(=O)OC)c1. The maximum Gasteiger partial charge on any atom is 0.340 e. The van der Waals surface area contributed by atoms with Crippen molar-refractivity contribution in [3.63, 3.8) is 0 Å². The number of hydrogen-bond acceptors (Lipinski definition) is 6. The largest absolute Gasteiger partial charge is 0.465 e. The summed E-state index contributed by atoms with van der Waals surface area (Å²) in [5.74, 6) is -1.29. The van der Waals surface area contributed by atoms with Crippen LogP contribution in [-0.2, 0) is 19.5 Å². The van der Waals surface area contributed by atoms with E-state index in [2.05, 4.69) is 4.74 Å². The molecule has 0 saturated carbocycles. The lowest BCUT2D eigenvalue weighted by atomic mass is 10.1. The van der Waals surface area contributed by atoms with Gasteiger partial charge in [0.15, 0.2) is 0 Å². The van der Waals surface area contributed by atoms with Crippen molar-refractivity contribution in [1.29, 1.82) is 0 Å². The number of anilines is 1. The molecule has 0 radical (unpaired) electrons. The zero-order valence-corrected chi connectivity index (χ0v) is 15.7. The highest BCUT2D eigenvalue weighted by Gasteiger charge is 2.27. The topological polar surface area (TPSA) is 90.0 Å². The van der Waals surface area contributed by atoms with Gasteiger partial charge in [0.05, 0.1) is 35.9 Å². The van der Waals surface area contributed by atoms with Crippen LogP contribution in [0.15, 0.2) is 47.4 Å². The number of methoxy groups -OCH3 is 2. The van der Waals surface area contributed by atoms with Crippen molar-refractivity contribution in [3.8, 4) is 0 Å². The standard InChI is InChI=1S/C18H19NO6S/c1-12-9-10-13(17(20)24-3)11-16(12)26(22,23)19(2)15-8-6-5-7-14(15)18(21)25-4/h5-11H,1-4H3. The highest BCUT2D eigenvalue weighted by molar-refractivity contribution is 7.92. The minimum Gasteiger partial charge on any atom is -0.465 e. The Labute approximate surface area is 152 Å². The predicted molar refractivity (Wildman–Crippen MR) is 95.9 cm³/mol. The Kier molecular flexibility index (Phi) is 5.66. The van der Waals surface area contributed by atoms with Crippen LogP contribution in [0.2, 0.25) is 0 Å². The Morgan fingerprint density at radius 1 is 0.962 bits per heavy atom. The predicted octanol–water partition coefficient (Wildman–Crippen LogP) is 2.39.